The predicted octanol–water partition coefficient (Wildman–Crippen LogP) is 4.26. The van der Waals surface area contributed by atoms with Crippen LogP contribution >= 0.6 is 15.9 Å². The van der Waals surface area contributed by atoms with Gasteiger partial charge in [-0.15, -0.1) is 0 Å². The van der Waals surface area contributed by atoms with Crippen LogP contribution in [0, 0.1) is 10.1 Å². The van der Waals surface area contributed by atoms with Crippen molar-refractivity contribution >= 4 is 33.7 Å². The van der Waals surface area contributed by atoms with Crippen molar-refractivity contribution in [3.05, 3.63) is 86.9 Å². The Labute approximate surface area is 180 Å². The third-order valence-electron chi connectivity index (χ3n) is 4.01. The number of benzene rings is 3. The lowest BCUT2D eigenvalue weighted by atomic mass is 10.1. The number of halogens is 1. The minimum absolute atomic E-state index is 0.0776. The van der Waals surface area contributed by atoms with E-state index in [1.807, 2.05) is 42.5 Å². The van der Waals surface area contributed by atoms with Gasteiger partial charge in [-0.25, -0.2) is 5.43 Å². The molecule has 0 atom stereocenters. The molecule has 152 valence electrons. The largest absolute Gasteiger partial charge is 0.506 e. The molecule has 2 N–H and O–H groups in total. The molecule has 0 fully saturated rings. The first-order valence-electron chi connectivity index (χ1n) is 8.71. The number of hydrogen-bond acceptors (Lipinski definition) is 6. The zero-order valence-corrected chi connectivity index (χ0v) is 17.1. The number of hydrogen-bond donors (Lipinski definition) is 2. The maximum absolute atomic E-state index is 11.9. The van der Waals surface area contributed by atoms with E-state index in [1.54, 1.807) is 12.1 Å². The lowest BCUT2D eigenvalue weighted by molar-refractivity contribution is -0.385. The van der Waals surface area contributed by atoms with Crippen molar-refractivity contribution < 1.29 is 19.6 Å². The average Bonchev–Trinajstić information content (AvgIpc) is 2.76. The normalized spacial score (nSPS) is 10.7. The molecule has 0 saturated heterocycles. The highest BCUT2D eigenvalue weighted by Crippen LogP contribution is 2.31. The minimum Gasteiger partial charge on any atom is -0.506 e. The molecule has 30 heavy (non-hydrogen) atoms. The first kappa shape index (κ1) is 21.0. The topological polar surface area (TPSA) is 114 Å². The number of nitro groups is 1. The molecule has 0 aliphatic rings. The van der Waals surface area contributed by atoms with Gasteiger partial charge in [0.05, 0.1) is 15.6 Å². The van der Waals surface area contributed by atoms with Gasteiger partial charge in [0.2, 0.25) is 0 Å². The molecule has 0 spiro atoms. The summed E-state index contributed by atoms with van der Waals surface area (Å²) in [4.78, 5) is 22.2. The van der Waals surface area contributed by atoms with Crippen molar-refractivity contribution in [2.45, 2.75) is 0 Å². The van der Waals surface area contributed by atoms with Gasteiger partial charge in [0.1, 0.15) is 11.5 Å². The summed E-state index contributed by atoms with van der Waals surface area (Å²) < 4.78 is 5.57. The first-order valence-corrected chi connectivity index (χ1v) is 9.50. The Hall–Kier alpha value is -3.72. The fraction of sp³-hybridized carbons (Fsp3) is 0.0476. The van der Waals surface area contributed by atoms with Crippen LogP contribution in [0.3, 0.4) is 0 Å². The van der Waals surface area contributed by atoms with Gasteiger partial charge in [-0.05, 0) is 39.2 Å². The summed E-state index contributed by atoms with van der Waals surface area (Å²) in [5, 5.41) is 24.5. The number of non-ortho nitro benzene ring substituents is 1. The molecule has 0 saturated carbocycles. The third-order valence-corrected chi connectivity index (χ3v) is 4.62. The van der Waals surface area contributed by atoms with Gasteiger partial charge < -0.3 is 9.84 Å². The molecule has 3 aromatic rings. The van der Waals surface area contributed by atoms with Crippen molar-refractivity contribution in [1.29, 1.82) is 0 Å². The lowest BCUT2D eigenvalue weighted by Gasteiger charge is -2.07. The van der Waals surface area contributed by atoms with Gasteiger partial charge in [-0.1, -0.05) is 42.5 Å². The van der Waals surface area contributed by atoms with Crippen LogP contribution in [0.15, 0.2) is 76.3 Å². The summed E-state index contributed by atoms with van der Waals surface area (Å²) >= 11 is 3.03. The van der Waals surface area contributed by atoms with E-state index >= 15 is 0 Å². The van der Waals surface area contributed by atoms with E-state index in [9.17, 15) is 20.0 Å². The Morgan fingerprint density at radius 2 is 1.80 bits per heavy atom. The van der Waals surface area contributed by atoms with Crippen molar-refractivity contribution in [3.8, 4) is 22.6 Å². The molecular formula is C21H16BrN3O5. The van der Waals surface area contributed by atoms with Gasteiger partial charge in [-0.2, -0.15) is 5.10 Å². The number of hydrazone groups is 1. The molecular weight excluding hydrogens is 454 g/mol. The van der Waals surface area contributed by atoms with Crippen LogP contribution in [-0.4, -0.2) is 28.8 Å². The lowest BCUT2D eigenvalue weighted by Crippen LogP contribution is -2.24. The second kappa shape index (κ2) is 9.66. The van der Waals surface area contributed by atoms with Gasteiger partial charge in [0.25, 0.3) is 11.6 Å². The molecule has 1 amide bonds. The number of aromatic hydroxyl groups is 1. The minimum atomic E-state index is -0.600. The molecule has 0 aromatic heterocycles. The molecule has 8 nitrogen and oxygen atoms in total. The van der Waals surface area contributed by atoms with Crippen LogP contribution in [0.5, 0.6) is 11.5 Å². The summed E-state index contributed by atoms with van der Waals surface area (Å²) in [7, 11) is 0. The second-order valence-electron chi connectivity index (χ2n) is 6.09. The molecule has 0 bridgehead atoms. The molecule has 3 aromatic carbocycles. The molecule has 0 aliphatic heterocycles. The van der Waals surface area contributed by atoms with Gasteiger partial charge >= 0.3 is 0 Å². The molecule has 0 heterocycles. The van der Waals surface area contributed by atoms with Crippen LogP contribution in [0.25, 0.3) is 11.1 Å². The summed E-state index contributed by atoms with van der Waals surface area (Å²) in [6.45, 7) is -0.271. The number of nitrogens with zero attached hydrogens (tertiary/aromatic N) is 2. The van der Waals surface area contributed by atoms with Crippen molar-refractivity contribution in [2.24, 2.45) is 5.10 Å². The predicted molar refractivity (Wildman–Crippen MR) is 116 cm³/mol. The van der Waals surface area contributed by atoms with E-state index < -0.39 is 10.8 Å². The average molecular weight is 470 g/mol. The number of nitro benzene ring substituents is 1. The van der Waals surface area contributed by atoms with Crippen molar-refractivity contribution in [3.63, 3.8) is 0 Å². The van der Waals surface area contributed by atoms with Crippen molar-refractivity contribution in [1.82, 2.24) is 5.43 Å². The smallest absolute Gasteiger partial charge is 0.277 e. The summed E-state index contributed by atoms with van der Waals surface area (Å²) in [5.74, 6) is -0.232. The Kier molecular flexibility index (Phi) is 6.76. The number of nitrogens with one attached hydrogen (secondary N) is 1. The standard InChI is InChI=1S/C21H16BrN3O5/c22-19-11-17(25(28)29)10-16(21(19)27)12-23-24-20(26)13-30-18-8-6-15(7-9-18)14-4-2-1-3-5-14/h1-12,27H,13H2,(H,24,26). The Bertz CT molecular complexity index is 1090. The van der Waals surface area contributed by atoms with E-state index in [4.69, 9.17) is 4.74 Å². The van der Waals surface area contributed by atoms with Gasteiger partial charge in [0.15, 0.2) is 6.61 Å². The highest BCUT2D eigenvalue weighted by molar-refractivity contribution is 9.10. The van der Waals surface area contributed by atoms with Crippen LogP contribution in [0.1, 0.15) is 5.56 Å². The summed E-state index contributed by atoms with van der Waals surface area (Å²) in [6, 6.07) is 19.5. The zero-order valence-electron chi connectivity index (χ0n) is 15.5. The SMILES string of the molecule is O=C(COc1ccc(-c2ccccc2)cc1)NN=Cc1cc([N+](=O)[O-])cc(Br)c1O. The second-order valence-corrected chi connectivity index (χ2v) is 6.95. The van der Waals surface area contributed by atoms with E-state index in [1.165, 1.54) is 6.07 Å². The third kappa shape index (κ3) is 5.42. The molecule has 3 rings (SSSR count). The number of phenols is 1. The highest BCUT2D eigenvalue weighted by atomic mass is 79.9. The number of rotatable bonds is 7. The Morgan fingerprint density at radius 1 is 1.13 bits per heavy atom. The van der Waals surface area contributed by atoms with Crippen molar-refractivity contribution in [2.75, 3.05) is 6.61 Å². The van der Waals surface area contributed by atoms with Crippen LogP contribution < -0.4 is 10.2 Å². The highest BCUT2D eigenvalue weighted by Gasteiger charge is 2.13. The monoisotopic (exact) mass is 469 g/mol. The first-order chi connectivity index (χ1) is 14.4. The zero-order chi connectivity index (χ0) is 21.5. The number of ether oxygens (including phenoxy) is 1. The number of phenolic OH excluding ortho intramolecular Hbond substituents is 1. The Morgan fingerprint density at radius 3 is 2.47 bits per heavy atom. The molecule has 9 heteroatoms. The van der Waals surface area contributed by atoms with Crippen LogP contribution in [-0.2, 0) is 4.79 Å². The molecule has 0 radical (unpaired) electrons. The van der Waals surface area contributed by atoms with Gasteiger partial charge in [0, 0.05) is 17.7 Å². The quantitative estimate of drug-likeness (QED) is 0.304. The van der Waals surface area contributed by atoms with Crippen LogP contribution in [0.4, 0.5) is 5.69 Å². The number of amides is 1. The van der Waals surface area contributed by atoms with Crippen LogP contribution in [0.2, 0.25) is 0 Å². The molecule has 0 aliphatic carbocycles. The Balaban J connectivity index is 1.55. The number of carbonyl (C=O) groups excluding carboxylic acids is 1. The molecule has 0 unspecified atom stereocenters. The maximum atomic E-state index is 11.9. The van der Waals surface area contributed by atoms with E-state index in [2.05, 4.69) is 26.5 Å². The number of carbonyl (C=O) groups is 1. The summed E-state index contributed by atoms with van der Waals surface area (Å²) in [6.07, 6.45) is 1.11. The van der Waals surface area contributed by atoms with E-state index in [-0.39, 0.29) is 28.1 Å². The summed E-state index contributed by atoms with van der Waals surface area (Å²) in [5.41, 5.74) is 4.20. The van der Waals surface area contributed by atoms with E-state index in [0.29, 0.717) is 5.75 Å². The van der Waals surface area contributed by atoms with E-state index in [0.717, 1.165) is 23.4 Å². The maximum Gasteiger partial charge on any atom is 0.277 e. The fourth-order valence-electron chi connectivity index (χ4n) is 2.54. The fourth-order valence-corrected chi connectivity index (χ4v) is 3.00. The van der Waals surface area contributed by atoms with Gasteiger partial charge in [-0.3, -0.25) is 14.9 Å².